The van der Waals surface area contributed by atoms with Crippen LogP contribution in [-0.2, 0) is 0 Å². The highest BCUT2D eigenvalue weighted by Crippen LogP contribution is 2.36. The van der Waals surface area contributed by atoms with E-state index in [2.05, 4.69) is 17.1 Å². The van der Waals surface area contributed by atoms with Crippen LogP contribution in [-0.4, -0.2) is 36.6 Å². The summed E-state index contributed by atoms with van der Waals surface area (Å²) < 4.78 is 0. The standard InChI is InChI=1S/C14H26N2/c1-11-6-8-15-13(11)10-16-9-7-12-4-2-3-5-14(12)16/h11-15H,2-10H2,1H3. The monoisotopic (exact) mass is 222 g/mol. The van der Waals surface area contributed by atoms with E-state index in [0.29, 0.717) is 0 Å². The Morgan fingerprint density at radius 3 is 2.81 bits per heavy atom. The van der Waals surface area contributed by atoms with Gasteiger partial charge in [-0.05, 0) is 50.6 Å². The summed E-state index contributed by atoms with van der Waals surface area (Å²) in [5, 5.41) is 3.69. The number of fused-ring (bicyclic) bond motifs is 1. The van der Waals surface area contributed by atoms with E-state index >= 15 is 0 Å². The zero-order chi connectivity index (χ0) is 11.0. The Labute approximate surface area is 99.8 Å². The Balaban J connectivity index is 1.58. The summed E-state index contributed by atoms with van der Waals surface area (Å²) in [6.07, 6.45) is 8.82. The molecule has 0 spiro atoms. The van der Waals surface area contributed by atoms with Crippen molar-refractivity contribution in [3.63, 3.8) is 0 Å². The summed E-state index contributed by atoms with van der Waals surface area (Å²) in [6, 6.07) is 1.73. The maximum absolute atomic E-state index is 3.69. The van der Waals surface area contributed by atoms with Crippen LogP contribution in [0, 0.1) is 11.8 Å². The lowest BCUT2D eigenvalue weighted by molar-refractivity contribution is 0.163. The molecule has 16 heavy (non-hydrogen) atoms. The number of rotatable bonds is 2. The second kappa shape index (κ2) is 4.66. The number of likely N-dealkylation sites (tertiary alicyclic amines) is 1. The molecule has 1 aliphatic carbocycles. The Bertz CT molecular complexity index is 241. The third kappa shape index (κ3) is 2.02. The second-order valence-corrected chi connectivity index (χ2v) is 6.22. The SMILES string of the molecule is CC1CCNC1CN1CCC2CCCCC21. The zero-order valence-corrected chi connectivity index (χ0v) is 10.6. The van der Waals surface area contributed by atoms with Crippen molar-refractivity contribution in [3.8, 4) is 0 Å². The zero-order valence-electron chi connectivity index (χ0n) is 10.6. The molecule has 4 unspecified atom stereocenters. The molecule has 2 aliphatic heterocycles. The van der Waals surface area contributed by atoms with Gasteiger partial charge in [0.2, 0.25) is 0 Å². The Morgan fingerprint density at radius 2 is 2.00 bits per heavy atom. The first-order chi connectivity index (χ1) is 7.84. The van der Waals surface area contributed by atoms with Crippen LogP contribution in [0.4, 0.5) is 0 Å². The smallest absolute Gasteiger partial charge is 0.0221 e. The van der Waals surface area contributed by atoms with Gasteiger partial charge in [0.15, 0.2) is 0 Å². The van der Waals surface area contributed by atoms with Crippen molar-refractivity contribution in [1.29, 1.82) is 0 Å². The molecule has 0 bridgehead atoms. The fourth-order valence-corrected chi connectivity index (χ4v) is 4.13. The topological polar surface area (TPSA) is 15.3 Å². The lowest BCUT2D eigenvalue weighted by atomic mass is 9.85. The van der Waals surface area contributed by atoms with Gasteiger partial charge in [-0.25, -0.2) is 0 Å². The van der Waals surface area contributed by atoms with Gasteiger partial charge in [-0.3, -0.25) is 4.90 Å². The lowest BCUT2D eigenvalue weighted by Crippen LogP contribution is -2.44. The normalized spacial score (nSPS) is 44.8. The van der Waals surface area contributed by atoms with Gasteiger partial charge < -0.3 is 5.32 Å². The predicted octanol–water partition coefficient (Wildman–Crippen LogP) is 2.25. The molecule has 2 heterocycles. The first kappa shape index (κ1) is 11.0. The van der Waals surface area contributed by atoms with Gasteiger partial charge >= 0.3 is 0 Å². The first-order valence-electron chi connectivity index (χ1n) is 7.32. The van der Waals surface area contributed by atoms with Crippen LogP contribution in [0.1, 0.15) is 45.4 Å². The van der Waals surface area contributed by atoms with E-state index in [1.54, 1.807) is 0 Å². The minimum atomic E-state index is 0.778. The predicted molar refractivity (Wildman–Crippen MR) is 67.5 cm³/mol. The van der Waals surface area contributed by atoms with Crippen molar-refractivity contribution in [2.45, 2.75) is 57.5 Å². The fraction of sp³-hybridized carbons (Fsp3) is 1.00. The van der Waals surface area contributed by atoms with Crippen LogP contribution < -0.4 is 5.32 Å². The van der Waals surface area contributed by atoms with E-state index in [1.165, 1.54) is 58.2 Å². The highest BCUT2D eigenvalue weighted by molar-refractivity contribution is 4.93. The van der Waals surface area contributed by atoms with Gasteiger partial charge in [-0.1, -0.05) is 19.8 Å². The molecule has 4 atom stereocenters. The van der Waals surface area contributed by atoms with Crippen molar-refractivity contribution in [1.82, 2.24) is 10.2 Å². The van der Waals surface area contributed by atoms with Crippen LogP contribution in [0.5, 0.6) is 0 Å². The van der Waals surface area contributed by atoms with E-state index in [1.807, 2.05) is 0 Å². The molecule has 3 fully saturated rings. The summed E-state index contributed by atoms with van der Waals surface area (Å²) >= 11 is 0. The maximum Gasteiger partial charge on any atom is 0.0221 e. The second-order valence-electron chi connectivity index (χ2n) is 6.22. The summed E-state index contributed by atoms with van der Waals surface area (Å²) in [4.78, 5) is 2.81. The van der Waals surface area contributed by atoms with Crippen molar-refractivity contribution < 1.29 is 0 Å². The minimum Gasteiger partial charge on any atom is -0.312 e. The van der Waals surface area contributed by atoms with E-state index in [4.69, 9.17) is 0 Å². The summed E-state index contributed by atoms with van der Waals surface area (Å²) in [6.45, 7) is 6.36. The Kier molecular flexibility index (Phi) is 3.21. The first-order valence-corrected chi connectivity index (χ1v) is 7.32. The Morgan fingerprint density at radius 1 is 1.12 bits per heavy atom. The van der Waals surface area contributed by atoms with Crippen molar-refractivity contribution in [2.24, 2.45) is 11.8 Å². The molecule has 3 rings (SSSR count). The van der Waals surface area contributed by atoms with Crippen molar-refractivity contribution in [3.05, 3.63) is 0 Å². The van der Waals surface area contributed by atoms with E-state index in [-0.39, 0.29) is 0 Å². The van der Waals surface area contributed by atoms with Crippen LogP contribution in [0.25, 0.3) is 0 Å². The van der Waals surface area contributed by atoms with Gasteiger partial charge in [0, 0.05) is 18.6 Å². The lowest BCUT2D eigenvalue weighted by Gasteiger charge is -2.34. The number of hydrogen-bond acceptors (Lipinski definition) is 2. The highest BCUT2D eigenvalue weighted by atomic mass is 15.2. The van der Waals surface area contributed by atoms with Gasteiger partial charge in [-0.2, -0.15) is 0 Å². The average molecular weight is 222 g/mol. The molecule has 0 aromatic heterocycles. The third-order valence-corrected chi connectivity index (χ3v) is 5.25. The molecular weight excluding hydrogens is 196 g/mol. The molecule has 0 aromatic carbocycles. The maximum atomic E-state index is 3.69. The fourth-order valence-electron chi connectivity index (χ4n) is 4.13. The number of nitrogens with one attached hydrogen (secondary N) is 1. The molecule has 0 amide bonds. The van der Waals surface area contributed by atoms with Crippen molar-refractivity contribution >= 4 is 0 Å². The quantitative estimate of drug-likeness (QED) is 0.771. The average Bonchev–Trinajstić information content (AvgIpc) is 2.88. The van der Waals surface area contributed by atoms with Crippen LogP contribution in [0.3, 0.4) is 0 Å². The van der Waals surface area contributed by atoms with E-state index in [9.17, 15) is 0 Å². The molecule has 92 valence electrons. The molecule has 1 saturated carbocycles. The molecule has 0 aromatic rings. The van der Waals surface area contributed by atoms with E-state index < -0.39 is 0 Å². The van der Waals surface area contributed by atoms with Gasteiger partial charge in [0.25, 0.3) is 0 Å². The van der Waals surface area contributed by atoms with E-state index in [0.717, 1.165) is 23.9 Å². The summed E-state index contributed by atoms with van der Waals surface area (Å²) in [5.74, 6) is 1.94. The van der Waals surface area contributed by atoms with Gasteiger partial charge in [0.1, 0.15) is 0 Å². The van der Waals surface area contributed by atoms with Gasteiger partial charge in [-0.15, -0.1) is 0 Å². The highest BCUT2D eigenvalue weighted by Gasteiger charge is 2.37. The molecule has 2 nitrogen and oxygen atoms in total. The minimum absolute atomic E-state index is 0.778. The summed E-state index contributed by atoms with van der Waals surface area (Å²) in [5.41, 5.74) is 0. The van der Waals surface area contributed by atoms with Crippen molar-refractivity contribution in [2.75, 3.05) is 19.6 Å². The number of nitrogens with zero attached hydrogens (tertiary/aromatic N) is 1. The molecule has 2 saturated heterocycles. The van der Waals surface area contributed by atoms with Gasteiger partial charge in [0.05, 0.1) is 0 Å². The summed E-state index contributed by atoms with van der Waals surface area (Å²) in [7, 11) is 0. The molecular formula is C14H26N2. The molecule has 2 heteroatoms. The van der Waals surface area contributed by atoms with Crippen LogP contribution in [0.15, 0.2) is 0 Å². The Hall–Kier alpha value is -0.0800. The third-order valence-electron chi connectivity index (χ3n) is 5.25. The molecule has 0 radical (unpaired) electrons. The number of hydrogen-bond donors (Lipinski definition) is 1. The van der Waals surface area contributed by atoms with Crippen LogP contribution >= 0.6 is 0 Å². The largest absolute Gasteiger partial charge is 0.312 e. The molecule has 3 aliphatic rings. The molecule has 1 N–H and O–H groups in total. The van der Waals surface area contributed by atoms with Crippen LogP contribution in [0.2, 0.25) is 0 Å².